The highest BCUT2D eigenvalue weighted by Gasteiger charge is 2.23. The lowest BCUT2D eigenvalue weighted by molar-refractivity contribution is 0.196. The molecule has 2 aromatic carbocycles. The fraction of sp³-hybridized carbons (Fsp3) is 0.429. The van der Waals surface area contributed by atoms with Crippen molar-refractivity contribution in [1.82, 2.24) is 4.90 Å². The first-order chi connectivity index (χ1) is 12.6. The van der Waals surface area contributed by atoms with Gasteiger partial charge in [-0.3, -0.25) is 4.90 Å². The molecule has 0 aliphatic carbocycles. The van der Waals surface area contributed by atoms with E-state index in [-0.39, 0.29) is 19.0 Å². The molecule has 3 rings (SSSR count). The fourth-order valence-corrected chi connectivity index (χ4v) is 3.40. The van der Waals surface area contributed by atoms with Crippen LogP contribution in [0.25, 0.3) is 0 Å². The molecule has 1 N–H and O–H groups in total. The summed E-state index contributed by atoms with van der Waals surface area (Å²) < 4.78 is 24.2. The molecule has 5 heteroatoms. The topological polar surface area (TPSA) is 41.9 Å². The van der Waals surface area contributed by atoms with Crippen molar-refractivity contribution in [1.29, 1.82) is 0 Å². The van der Waals surface area contributed by atoms with Crippen LogP contribution in [0.5, 0.6) is 11.5 Å². The Bertz CT molecular complexity index is 750. The van der Waals surface area contributed by atoms with Crippen molar-refractivity contribution in [2.24, 2.45) is 0 Å². The molecule has 1 aliphatic rings. The number of hydrogen-bond donors (Lipinski definition) is 1. The van der Waals surface area contributed by atoms with Gasteiger partial charge in [0.1, 0.15) is 12.4 Å². The van der Waals surface area contributed by atoms with Gasteiger partial charge in [-0.2, -0.15) is 0 Å². The summed E-state index contributed by atoms with van der Waals surface area (Å²) in [6.07, 6.45) is 1.94. The van der Waals surface area contributed by atoms with Crippen LogP contribution in [-0.2, 0) is 19.5 Å². The smallest absolute Gasteiger partial charge is 0.161 e. The van der Waals surface area contributed by atoms with Gasteiger partial charge >= 0.3 is 0 Å². The van der Waals surface area contributed by atoms with Crippen molar-refractivity contribution in [3.63, 3.8) is 0 Å². The molecular formula is C21H26FNO3. The average molecular weight is 359 g/mol. The summed E-state index contributed by atoms with van der Waals surface area (Å²) in [4.78, 5) is 2.39. The van der Waals surface area contributed by atoms with Crippen LogP contribution in [-0.4, -0.2) is 36.4 Å². The normalized spacial score (nSPS) is 14.9. The molecule has 0 radical (unpaired) electrons. The molecule has 1 heterocycles. The maximum atomic E-state index is 13.4. The lowest BCUT2D eigenvalue weighted by Gasteiger charge is -2.24. The Morgan fingerprint density at radius 2 is 1.92 bits per heavy atom. The average Bonchev–Trinajstić information content (AvgIpc) is 3.07. The first kappa shape index (κ1) is 18.7. The molecule has 1 aliphatic heterocycles. The quantitative estimate of drug-likeness (QED) is 0.783. The molecule has 140 valence electrons. The number of aliphatic hydroxyl groups is 1. The van der Waals surface area contributed by atoms with Gasteiger partial charge in [-0.25, -0.2) is 4.39 Å². The predicted octanol–water partition coefficient (Wildman–Crippen LogP) is 3.54. The summed E-state index contributed by atoms with van der Waals surface area (Å²) in [5, 5.41) is 8.88. The number of aliphatic hydroxyl groups excluding tert-OH is 1. The number of aryl methyl sites for hydroxylation is 1. The number of nitrogens with zero attached hydrogens (tertiary/aromatic N) is 1. The summed E-state index contributed by atoms with van der Waals surface area (Å²) >= 11 is 0. The van der Waals surface area contributed by atoms with Gasteiger partial charge in [-0.15, -0.1) is 0 Å². The minimum Gasteiger partial charge on any atom is -0.493 e. The molecule has 26 heavy (non-hydrogen) atoms. The summed E-state index contributed by atoms with van der Waals surface area (Å²) in [6.45, 7) is 4.14. The lowest BCUT2D eigenvalue weighted by atomic mass is 10.0. The van der Waals surface area contributed by atoms with Crippen LogP contribution in [0, 0.1) is 5.82 Å². The van der Waals surface area contributed by atoms with Crippen molar-refractivity contribution in [2.45, 2.75) is 38.9 Å². The second-order valence-corrected chi connectivity index (χ2v) is 6.76. The number of benzene rings is 2. The third-order valence-corrected chi connectivity index (χ3v) is 4.97. The summed E-state index contributed by atoms with van der Waals surface area (Å²) in [6, 6.07) is 11.4. The van der Waals surface area contributed by atoms with Crippen LogP contribution >= 0.6 is 0 Å². The van der Waals surface area contributed by atoms with E-state index >= 15 is 0 Å². The predicted molar refractivity (Wildman–Crippen MR) is 99.0 cm³/mol. The Morgan fingerprint density at radius 1 is 1.12 bits per heavy atom. The molecule has 0 amide bonds. The first-order valence-electron chi connectivity index (χ1n) is 9.02. The van der Waals surface area contributed by atoms with Crippen LogP contribution in [0.4, 0.5) is 4.39 Å². The van der Waals surface area contributed by atoms with E-state index < -0.39 is 0 Å². The molecule has 0 bridgehead atoms. The highest BCUT2D eigenvalue weighted by atomic mass is 19.1. The van der Waals surface area contributed by atoms with Crippen LogP contribution in [0.15, 0.2) is 36.4 Å². The molecule has 0 spiro atoms. The summed E-state index contributed by atoms with van der Waals surface area (Å²) in [5.74, 6) is 1.18. The monoisotopic (exact) mass is 359 g/mol. The van der Waals surface area contributed by atoms with E-state index in [0.717, 1.165) is 31.5 Å². The van der Waals surface area contributed by atoms with Gasteiger partial charge in [-0.1, -0.05) is 12.1 Å². The van der Waals surface area contributed by atoms with Crippen molar-refractivity contribution < 1.29 is 19.0 Å². The van der Waals surface area contributed by atoms with Gasteiger partial charge in [-0.05, 0) is 60.7 Å². The Hall–Kier alpha value is -2.11. The van der Waals surface area contributed by atoms with E-state index in [1.165, 1.54) is 11.1 Å². The number of fused-ring (bicyclic) bond motifs is 1. The van der Waals surface area contributed by atoms with Crippen LogP contribution in [0.2, 0.25) is 0 Å². The molecule has 4 nitrogen and oxygen atoms in total. The molecule has 0 saturated carbocycles. The highest BCUT2D eigenvalue weighted by Crippen LogP contribution is 2.30. The van der Waals surface area contributed by atoms with Gasteiger partial charge in [0, 0.05) is 19.1 Å². The SMILES string of the molecule is COc1cc(CC[C@@H](C)N2Cc3ccc(F)cc3C2)ccc1OCCO. The summed E-state index contributed by atoms with van der Waals surface area (Å²) in [5.41, 5.74) is 3.52. The fourth-order valence-electron chi connectivity index (χ4n) is 3.40. The van der Waals surface area contributed by atoms with Crippen molar-refractivity contribution in [2.75, 3.05) is 20.3 Å². The Kier molecular flexibility index (Phi) is 6.12. The molecule has 0 fully saturated rings. The second kappa shape index (κ2) is 8.52. The van der Waals surface area contributed by atoms with Crippen LogP contribution < -0.4 is 9.47 Å². The van der Waals surface area contributed by atoms with E-state index in [1.807, 2.05) is 24.3 Å². The van der Waals surface area contributed by atoms with E-state index in [2.05, 4.69) is 11.8 Å². The van der Waals surface area contributed by atoms with Crippen LogP contribution in [0.3, 0.4) is 0 Å². The highest BCUT2D eigenvalue weighted by molar-refractivity contribution is 5.43. The van der Waals surface area contributed by atoms with Gasteiger partial charge < -0.3 is 14.6 Å². The zero-order chi connectivity index (χ0) is 18.5. The zero-order valence-electron chi connectivity index (χ0n) is 15.4. The van der Waals surface area contributed by atoms with Gasteiger partial charge in [0.2, 0.25) is 0 Å². The van der Waals surface area contributed by atoms with Crippen molar-refractivity contribution in [3.8, 4) is 11.5 Å². The second-order valence-electron chi connectivity index (χ2n) is 6.76. The van der Waals surface area contributed by atoms with Gasteiger partial charge in [0.05, 0.1) is 13.7 Å². The minimum absolute atomic E-state index is 0.0233. The number of rotatable bonds is 8. The number of halogens is 1. The molecule has 2 aromatic rings. The zero-order valence-corrected chi connectivity index (χ0v) is 15.4. The third kappa shape index (κ3) is 4.34. The standard InChI is InChI=1S/C21H26FNO3/c1-15(23-13-17-6-7-19(22)12-18(17)14-23)3-4-16-5-8-20(26-10-9-24)21(11-16)25-2/h5-8,11-12,15,24H,3-4,9-10,13-14H2,1-2H3/t15-/m1/s1. The Morgan fingerprint density at radius 3 is 2.69 bits per heavy atom. The molecule has 1 atom stereocenters. The lowest BCUT2D eigenvalue weighted by Crippen LogP contribution is -2.28. The Labute approximate surface area is 154 Å². The van der Waals surface area contributed by atoms with Crippen molar-refractivity contribution in [3.05, 3.63) is 58.9 Å². The molecule has 0 saturated heterocycles. The largest absolute Gasteiger partial charge is 0.493 e. The van der Waals surface area contributed by atoms with Crippen LogP contribution in [0.1, 0.15) is 30.0 Å². The number of methoxy groups -OCH3 is 1. The number of ether oxygens (including phenoxy) is 2. The van der Waals surface area contributed by atoms with Crippen molar-refractivity contribution >= 4 is 0 Å². The third-order valence-electron chi connectivity index (χ3n) is 4.97. The maximum absolute atomic E-state index is 13.4. The summed E-state index contributed by atoms with van der Waals surface area (Å²) in [7, 11) is 1.62. The van der Waals surface area contributed by atoms with Gasteiger partial charge in [0.15, 0.2) is 11.5 Å². The maximum Gasteiger partial charge on any atom is 0.161 e. The number of hydrogen-bond acceptors (Lipinski definition) is 4. The molecule has 0 unspecified atom stereocenters. The van der Waals surface area contributed by atoms with Gasteiger partial charge in [0.25, 0.3) is 0 Å². The molecule has 0 aromatic heterocycles. The minimum atomic E-state index is -0.158. The Balaban J connectivity index is 1.57. The molecular weight excluding hydrogens is 333 g/mol. The van der Waals surface area contributed by atoms with E-state index in [0.29, 0.717) is 17.5 Å². The first-order valence-corrected chi connectivity index (χ1v) is 9.02. The van der Waals surface area contributed by atoms with E-state index in [9.17, 15) is 4.39 Å². The van der Waals surface area contributed by atoms with E-state index in [4.69, 9.17) is 14.6 Å². The van der Waals surface area contributed by atoms with E-state index in [1.54, 1.807) is 19.2 Å².